The van der Waals surface area contributed by atoms with Crippen molar-refractivity contribution >= 4 is 73.3 Å². The van der Waals surface area contributed by atoms with Crippen molar-refractivity contribution in [1.82, 2.24) is 0 Å². The van der Waals surface area contributed by atoms with Crippen molar-refractivity contribution in [2.24, 2.45) is 0 Å². The molecule has 16 valence electrons. The molecule has 0 spiro atoms. The molecule has 0 fully saturated rings. The third kappa shape index (κ3) is 8.97. The van der Waals surface area contributed by atoms with E-state index in [1.54, 1.807) is 0 Å². The second-order valence-corrected chi connectivity index (χ2v) is 0. The Hall–Kier alpha value is 2.05. The number of hydrogen-bond donors (Lipinski definition) is 0. The topological polar surface area (TPSA) is 17.1 Å². The van der Waals surface area contributed by atoms with Crippen LogP contribution in [0.25, 0.3) is 0 Å². The first kappa shape index (κ1) is 16.6. The van der Waals surface area contributed by atoms with Gasteiger partial charge in [0.05, 0.1) is 0 Å². The van der Waals surface area contributed by atoms with Crippen LogP contribution in [0.5, 0.6) is 0 Å². The minimum Gasteiger partial charge on any atom is -0.197 e. The number of hydrogen-bond acceptors (Lipinski definition) is 2. The Balaban J connectivity index is -0.00000000500. The van der Waals surface area contributed by atoms with Gasteiger partial charge in [-0.3, -0.25) is 0 Å². The van der Waals surface area contributed by atoms with Crippen LogP contribution >= 0.6 is 0 Å². The van der Waals surface area contributed by atoms with Crippen molar-refractivity contribution in [2.75, 3.05) is 0 Å². The summed E-state index contributed by atoms with van der Waals surface area (Å²) in [5, 5.41) is 0. The molecule has 4 heavy (non-hydrogen) atoms. The molecule has 1 nitrogen and oxygen atoms in total. The maximum Gasteiger partial charge on any atom is 0.197 e. The molecule has 4 radical (unpaired) electrons. The van der Waals surface area contributed by atoms with Crippen LogP contribution in [0.2, 0.25) is 0 Å². The normalized spacial score (nSPS) is 1.00. The Bertz CT molecular complexity index is 8.00. The molecule has 0 N–H and O–H groups in total. The molecule has 0 amide bonds. The van der Waals surface area contributed by atoms with Gasteiger partial charge in [0.15, 0.2) is 12.5 Å². The van der Waals surface area contributed by atoms with Crippen LogP contribution < -0.4 is 0 Å². The van der Waals surface area contributed by atoms with Crippen molar-refractivity contribution in [2.45, 2.75) is 0 Å². The first-order chi connectivity index (χ1) is 1.00. The minimum absolute atomic E-state index is 0. The van der Waals surface area contributed by atoms with Gasteiger partial charge in [0, 0.05) is 60.8 Å². The van der Waals surface area contributed by atoms with Gasteiger partial charge in [-0.2, -0.15) is 4.21 Å². The van der Waals surface area contributed by atoms with E-state index in [2.05, 4.69) is 12.5 Å². The van der Waals surface area contributed by atoms with Crippen molar-refractivity contribution < 1.29 is 4.21 Å². The molecule has 0 aromatic carbocycles. The van der Waals surface area contributed by atoms with Crippen molar-refractivity contribution in [3.63, 3.8) is 0 Å². The predicted octanol–water partition coefficient (Wildman–Crippen LogP) is -1.10. The first-order valence-electron chi connectivity index (χ1n) is 0.167. The summed E-state index contributed by atoms with van der Waals surface area (Å²) in [5.74, 6) is 0. The van der Waals surface area contributed by atoms with Crippen molar-refractivity contribution in [3.8, 4) is 0 Å². The standard InChI is InChI=1S/Ca.Mg.OS/c;;1-2. The third-order valence-electron chi connectivity index (χ3n) is 0. The zero-order valence-corrected chi connectivity index (χ0v) is 6.67. The Labute approximate surface area is 76.2 Å². The van der Waals surface area contributed by atoms with Crippen LogP contribution in [0, 0.1) is 0 Å². The summed E-state index contributed by atoms with van der Waals surface area (Å²) in [6, 6.07) is 0. The van der Waals surface area contributed by atoms with E-state index in [4.69, 9.17) is 4.21 Å². The van der Waals surface area contributed by atoms with Crippen LogP contribution in [0.15, 0.2) is 0 Å². The maximum atomic E-state index is 7.83. The van der Waals surface area contributed by atoms with E-state index in [0.717, 1.165) is 0 Å². The van der Waals surface area contributed by atoms with Crippen molar-refractivity contribution in [1.29, 1.82) is 0 Å². The van der Waals surface area contributed by atoms with Gasteiger partial charge in [0.25, 0.3) is 0 Å². The van der Waals surface area contributed by atoms with Gasteiger partial charge in [-0.25, -0.2) is 0 Å². The van der Waals surface area contributed by atoms with Gasteiger partial charge >= 0.3 is 0 Å². The fraction of sp³-hybridized carbons (Fsp3) is 0. The van der Waals surface area contributed by atoms with Crippen LogP contribution in [-0.4, -0.2) is 65.0 Å². The van der Waals surface area contributed by atoms with E-state index in [1.807, 2.05) is 0 Å². The van der Waals surface area contributed by atoms with Crippen LogP contribution in [-0.2, 0) is 12.5 Å². The second-order valence-electron chi connectivity index (χ2n) is 0. The monoisotopic (exact) mass is 112 g/mol. The smallest absolute Gasteiger partial charge is 0.197 e. The average Bonchev–Trinajstić information content (AvgIpc) is 1.00. The summed E-state index contributed by atoms with van der Waals surface area (Å²) in [4.78, 5) is 0. The molecular weight excluding hydrogens is 112 g/mol. The van der Waals surface area contributed by atoms with E-state index in [1.165, 1.54) is 0 Å². The van der Waals surface area contributed by atoms with Crippen LogP contribution in [0.3, 0.4) is 0 Å². The summed E-state index contributed by atoms with van der Waals surface area (Å²) in [6.45, 7) is 0. The zero-order valence-electron chi connectivity index (χ0n) is 2.23. The zero-order chi connectivity index (χ0) is 2.00. The minimum atomic E-state index is 0. The molecule has 0 saturated heterocycles. The Kier molecular flexibility index (Phi) is 81.9. The fourth-order valence-electron chi connectivity index (χ4n) is 0. The van der Waals surface area contributed by atoms with Gasteiger partial charge in [-0.1, -0.05) is 0 Å². The number of rotatable bonds is 0. The largest absolute Gasteiger partial charge is 0.197 e. The summed E-state index contributed by atoms with van der Waals surface area (Å²) in [5.41, 5.74) is 0. The predicted molar refractivity (Wildman–Crippen MR) is 19.7 cm³/mol. The molecule has 0 aliphatic rings. The molecular formula is CaMgOS. The molecule has 0 aliphatic heterocycles. The molecule has 0 aromatic rings. The summed E-state index contributed by atoms with van der Waals surface area (Å²) >= 11 is 2.83. The van der Waals surface area contributed by atoms with Gasteiger partial charge < -0.3 is 0 Å². The molecule has 0 aliphatic carbocycles. The molecule has 0 aromatic heterocycles. The Morgan fingerprint density at radius 3 is 1.25 bits per heavy atom. The van der Waals surface area contributed by atoms with Gasteiger partial charge in [0.1, 0.15) is 0 Å². The first-order valence-corrected chi connectivity index (χ1v) is 0.500. The van der Waals surface area contributed by atoms with Gasteiger partial charge in [0.2, 0.25) is 0 Å². The maximum absolute atomic E-state index is 7.83. The van der Waals surface area contributed by atoms with Crippen molar-refractivity contribution in [3.05, 3.63) is 0 Å². The molecule has 0 bridgehead atoms. The Morgan fingerprint density at radius 1 is 1.25 bits per heavy atom. The molecule has 4 heteroatoms. The van der Waals surface area contributed by atoms with Crippen LogP contribution in [0.4, 0.5) is 0 Å². The molecule has 0 saturated carbocycles. The van der Waals surface area contributed by atoms with E-state index in [-0.39, 0.29) is 60.8 Å². The Morgan fingerprint density at radius 2 is 1.25 bits per heavy atom. The van der Waals surface area contributed by atoms with Gasteiger partial charge in [-0.15, -0.1) is 0 Å². The summed E-state index contributed by atoms with van der Waals surface area (Å²) in [6.07, 6.45) is 0. The SMILES string of the molecule is O=S.[Ca].[Mg]. The summed E-state index contributed by atoms with van der Waals surface area (Å²) in [7, 11) is 0. The third-order valence-corrected chi connectivity index (χ3v) is 0. The molecule has 0 atom stereocenters. The molecule has 0 heterocycles. The van der Waals surface area contributed by atoms with Gasteiger partial charge in [-0.05, 0) is 0 Å². The quantitative estimate of drug-likeness (QED) is 0.370. The molecule has 0 unspecified atom stereocenters. The van der Waals surface area contributed by atoms with E-state index >= 15 is 0 Å². The van der Waals surface area contributed by atoms with E-state index < -0.39 is 0 Å². The fourth-order valence-corrected chi connectivity index (χ4v) is 0. The average molecular weight is 112 g/mol. The van der Waals surface area contributed by atoms with E-state index in [9.17, 15) is 0 Å². The van der Waals surface area contributed by atoms with Crippen LogP contribution in [0.1, 0.15) is 0 Å². The second kappa shape index (κ2) is 19.7. The summed E-state index contributed by atoms with van der Waals surface area (Å²) < 4.78 is 7.83. The van der Waals surface area contributed by atoms with E-state index in [0.29, 0.717) is 0 Å². The molecule has 0 rings (SSSR count).